The van der Waals surface area contributed by atoms with E-state index in [1.807, 2.05) is 0 Å². The number of carbonyl (C=O) groups excluding carboxylic acids is 3. The number of anilines is 1. The molecule has 1 N–H and O–H groups in total. The molecule has 1 fully saturated rings. The summed E-state index contributed by atoms with van der Waals surface area (Å²) in [4.78, 5) is 43.0. The molecule has 0 bridgehead atoms. The van der Waals surface area contributed by atoms with Crippen LogP contribution in [0, 0.1) is 0 Å². The lowest BCUT2D eigenvalue weighted by molar-refractivity contribution is -0.144. The van der Waals surface area contributed by atoms with Crippen LogP contribution >= 0.6 is 0 Å². The monoisotopic (exact) mass is 418 g/mol. The molecule has 1 unspecified atom stereocenters. The van der Waals surface area contributed by atoms with E-state index in [0.29, 0.717) is 16.8 Å². The van der Waals surface area contributed by atoms with Crippen molar-refractivity contribution in [2.75, 3.05) is 31.7 Å². The number of ketones is 1. The third kappa shape index (κ3) is 2.81. The molecule has 1 spiro atoms. The third-order valence-electron chi connectivity index (χ3n) is 5.69. The van der Waals surface area contributed by atoms with Crippen molar-refractivity contribution in [3.8, 4) is 0 Å². The van der Waals surface area contributed by atoms with Crippen LogP contribution in [0.3, 0.4) is 0 Å². The zero-order chi connectivity index (χ0) is 22.2. The fourth-order valence-corrected chi connectivity index (χ4v) is 4.40. The number of aliphatic hydroxyl groups is 1. The van der Waals surface area contributed by atoms with Crippen LogP contribution in [0.5, 0.6) is 0 Å². The Morgan fingerprint density at radius 2 is 1.77 bits per heavy atom. The zero-order valence-electron chi connectivity index (χ0n) is 17.1. The van der Waals surface area contributed by atoms with Crippen LogP contribution in [0.25, 0.3) is 5.76 Å². The van der Waals surface area contributed by atoms with Crippen LogP contribution in [0.2, 0.25) is 0 Å². The number of amides is 2. The van der Waals surface area contributed by atoms with Gasteiger partial charge in [-0.05, 0) is 6.07 Å². The molecule has 2 aromatic carbocycles. The number of nitrogens with zero attached hydrogens (tertiary/aromatic N) is 2. The average molecular weight is 418 g/mol. The number of hydrogen-bond acceptors (Lipinski definition) is 5. The van der Waals surface area contributed by atoms with E-state index in [2.05, 4.69) is 6.58 Å². The fraction of sp³-hybridized carbons (Fsp3) is 0.208. The Morgan fingerprint density at radius 1 is 1.10 bits per heavy atom. The molecule has 4 rings (SSSR count). The number of carbonyl (C=O) groups is 3. The zero-order valence-corrected chi connectivity index (χ0v) is 17.1. The number of likely N-dealkylation sites (tertiary alicyclic amines) is 1. The van der Waals surface area contributed by atoms with Gasteiger partial charge in [-0.2, -0.15) is 0 Å². The van der Waals surface area contributed by atoms with Crippen molar-refractivity contribution in [3.63, 3.8) is 0 Å². The number of ether oxygens (including phenoxy) is 1. The largest absolute Gasteiger partial charge is 0.507 e. The second-order valence-corrected chi connectivity index (χ2v) is 7.30. The van der Waals surface area contributed by atoms with Crippen LogP contribution in [0.1, 0.15) is 11.1 Å². The van der Waals surface area contributed by atoms with Crippen molar-refractivity contribution in [3.05, 3.63) is 84.0 Å². The summed E-state index contributed by atoms with van der Waals surface area (Å²) >= 11 is 0. The van der Waals surface area contributed by atoms with Gasteiger partial charge in [0, 0.05) is 31.3 Å². The molecule has 2 aromatic rings. The van der Waals surface area contributed by atoms with E-state index >= 15 is 0 Å². The fourth-order valence-electron chi connectivity index (χ4n) is 4.40. The molecule has 158 valence electrons. The number of hydrogen-bond donors (Lipinski definition) is 1. The Kier molecular flexibility index (Phi) is 5.20. The Bertz CT molecular complexity index is 1110. The van der Waals surface area contributed by atoms with Gasteiger partial charge < -0.3 is 19.6 Å². The molecule has 31 heavy (non-hydrogen) atoms. The number of aliphatic hydroxyl groups excluding tert-OH is 1. The van der Waals surface area contributed by atoms with Crippen molar-refractivity contribution in [1.82, 2.24) is 4.90 Å². The predicted molar refractivity (Wildman–Crippen MR) is 115 cm³/mol. The summed E-state index contributed by atoms with van der Waals surface area (Å²) in [6.45, 7) is 4.05. The molecule has 2 aliphatic rings. The van der Waals surface area contributed by atoms with Gasteiger partial charge in [-0.1, -0.05) is 54.6 Å². The smallest absolute Gasteiger partial charge is 0.296 e. The number of Topliss-reactive ketones (excluding diaryl/α,β-unsaturated/α-hetero) is 1. The molecule has 0 aromatic heterocycles. The van der Waals surface area contributed by atoms with Gasteiger partial charge in [0.15, 0.2) is 5.54 Å². The molecule has 1 saturated heterocycles. The van der Waals surface area contributed by atoms with Crippen molar-refractivity contribution >= 4 is 29.0 Å². The minimum atomic E-state index is -1.77. The third-order valence-corrected chi connectivity index (χ3v) is 5.69. The van der Waals surface area contributed by atoms with E-state index in [4.69, 9.17) is 4.74 Å². The maximum absolute atomic E-state index is 13.9. The normalized spacial score (nSPS) is 21.8. The van der Waals surface area contributed by atoms with Gasteiger partial charge in [0.05, 0.1) is 17.9 Å². The van der Waals surface area contributed by atoms with E-state index in [1.165, 1.54) is 16.9 Å². The second-order valence-electron chi connectivity index (χ2n) is 7.30. The van der Waals surface area contributed by atoms with Gasteiger partial charge in [-0.3, -0.25) is 14.4 Å². The van der Waals surface area contributed by atoms with Gasteiger partial charge in [0.25, 0.3) is 17.6 Å². The molecule has 1 atom stereocenters. The molecule has 0 radical (unpaired) electrons. The standard InChI is InChI=1S/C24H22N2O5/c1-3-13-25-18-12-8-7-11-17(18)24(23(25)30)19(20(27)16-9-5-4-6-10-16)21(28)22(29)26(24)14-15-31-2/h3-12,27H,1,13-15H2,2H3/b20-19-. The summed E-state index contributed by atoms with van der Waals surface area (Å²) in [6.07, 6.45) is 1.58. The molecule has 0 saturated carbocycles. The van der Waals surface area contributed by atoms with Crippen molar-refractivity contribution in [2.45, 2.75) is 5.54 Å². The van der Waals surface area contributed by atoms with Gasteiger partial charge in [0.2, 0.25) is 0 Å². The highest BCUT2D eigenvalue weighted by Crippen LogP contribution is 2.53. The minimum absolute atomic E-state index is 0.00858. The predicted octanol–water partition coefficient (Wildman–Crippen LogP) is 2.44. The van der Waals surface area contributed by atoms with Crippen LogP contribution < -0.4 is 4.90 Å². The number of para-hydroxylation sites is 1. The molecule has 2 aliphatic heterocycles. The first-order valence-electron chi connectivity index (χ1n) is 9.86. The molecule has 7 nitrogen and oxygen atoms in total. The maximum atomic E-state index is 13.9. The first kappa shape index (κ1) is 20.6. The molecule has 2 heterocycles. The SMILES string of the molecule is C=CCN1C(=O)C2(/C(=C(\O)c3ccccc3)C(=O)C(=O)N2CCOC)c2ccccc21. The molecular weight excluding hydrogens is 396 g/mol. The first-order valence-corrected chi connectivity index (χ1v) is 9.86. The highest BCUT2D eigenvalue weighted by Gasteiger charge is 2.66. The van der Waals surface area contributed by atoms with Crippen LogP contribution in [-0.4, -0.2) is 54.4 Å². The summed E-state index contributed by atoms with van der Waals surface area (Å²) < 4.78 is 5.14. The molecule has 2 amide bonds. The van der Waals surface area contributed by atoms with Crippen molar-refractivity contribution in [2.24, 2.45) is 0 Å². The highest BCUT2D eigenvalue weighted by atomic mass is 16.5. The van der Waals surface area contributed by atoms with Gasteiger partial charge >= 0.3 is 0 Å². The van der Waals surface area contributed by atoms with Crippen LogP contribution in [-0.2, 0) is 24.7 Å². The topological polar surface area (TPSA) is 87.2 Å². The van der Waals surface area contributed by atoms with E-state index in [0.717, 1.165) is 0 Å². The Balaban J connectivity index is 2.07. The van der Waals surface area contributed by atoms with Crippen LogP contribution in [0.4, 0.5) is 5.69 Å². The van der Waals surface area contributed by atoms with Gasteiger partial charge in [0.1, 0.15) is 5.76 Å². The first-order chi connectivity index (χ1) is 15.0. The van der Waals surface area contributed by atoms with Crippen LogP contribution in [0.15, 0.2) is 72.8 Å². The van der Waals surface area contributed by atoms with E-state index < -0.39 is 23.1 Å². The number of rotatable bonds is 6. The molecular formula is C24H22N2O5. The summed E-state index contributed by atoms with van der Waals surface area (Å²) in [5.41, 5.74) is -0.625. The lowest BCUT2D eigenvalue weighted by Crippen LogP contribution is -2.52. The average Bonchev–Trinajstić information content (AvgIpc) is 3.17. The van der Waals surface area contributed by atoms with E-state index in [-0.39, 0.29) is 31.0 Å². The number of methoxy groups -OCH3 is 1. The van der Waals surface area contributed by atoms with Crippen molar-refractivity contribution < 1.29 is 24.2 Å². The molecule has 7 heteroatoms. The Morgan fingerprint density at radius 3 is 2.45 bits per heavy atom. The van der Waals surface area contributed by atoms with Crippen molar-refractivity contribution in [1.29, 1.82) is 0 Å². The summed E-state index contributed by atoms with van der Waals surface area (Å²) in [5.74, 6) is -2.62. The second kappa shape index (κ2) is 7.85. The van der Waals surface area contributed by atoms with Gasteiger partial charge in [-0.15, -0.1) is 6.58 Å². The lowest BCUT2D eigenvalue weighted by Gasteiger charge is -2.34. The van der Waals surface area contributed by atoms with E-state index in [1.54, 1.807) is 60.7 Å². The lowest BCUT2D eigenvalue weighted by atomic mass is 9.82. The maximum Gasteiger partial charge on any atom is 0.296 e. The number of fused-ring (bicyclic) bond motifs is 2. The summed E-state index contributed by atoms with van der Waals surface area (Å²) in [6, 6.07) is 15.4. The minimum Gasteiger partial charge on any atom is -0.507 e. The van der Waals surface area contributed by atoms with Gasteiger partial charge in [-0.25, -0.2) is 0 Å². The number of benzene rings is 2. The Labute approximate surface area is 179 Å². The summed E-state index contributed by atoms with van der Waals surface area (Å²) in [5, 5.41) is 11.2. The molecule has 0 aliphatic carbocycles. The highest BCUT2D eigenvalue weighted by molar-refractivity contribution is 6.50. The quantitative estimate of drug-likeness (QED) is 0.337. The van der Waals surface area contributed by atoms with E-state index in [9.17, 15) is 19.5 Å². The Hall–Kier alpha value is -3.71. The summed E-state index contributed by atoms with van der Waals surface area (Å²) in [7, 11) is 1.47.